The van der Waals surface area contributed by atoms with Crippen LogP contribution in [0.5, 0.6) is 0 Å². The topological polar surface area (TPSA) is 116 Å². The number of ether oxygens (including phenoxy) is 1. The second-order valence-corrected chi connectivity index (χ2v) is 6.09. The number of fused-ring (bicyclic) bond motifs is 1. The molecule has 3 aromatic rings. The van der Waals surface area contributed by atoms with E-state index in [1.807, 2.05) is 4.72 Å². The van der Waals surface area contributed by atoms with E-state index in [1.54, 1.807) is 0 Å². The number of esters is 1. The Bertz CT molecular complexity index is 1000. The molecule has 0 fully saturated rings. The van der Waals surface area contributed by atoms with Crippen molar-refractivity contribution < 1.29 is 22.3 Å². The molecule has 11 heteroatoms. The zero-order valence-electron chi connectivity index (χ0n) is 12.2. The van der Waals surface area contributed by atoms with Crippen LogP contribution in [0.4, 0.5) is 10.1 Å². The van der Waals surface area contributed by atoms with E-state index < -0.39 is 32.7 Å². The van der Waals surface area contributed by atoms with E-state index in [0.717, 1.165) is 17.7 Å². The molecule has 1 N–H and O–H groups in total. The number of methoxy groups -OCH3 is 1. The molecule has 0 bridgehead atoms. The number of rotatable bonds is 4. The van der Waals surface area contributed by atoms with Crippen LogP contribution >= 0.6 is 0 Å². The van der Waals surface area contributed by atoms with Crippen LogP contribution in [0.1, 0.15) is 10.4 Å². The molecule has 3 rings (SSSR count). The summed E-state index contributed by atoms with van der Waals surface area (Å²) in [4.78, 5) is 19.3. The van der Waals surface area contributed by atoms with Crippen LogP contribution in [0.2, 0.25) is 0 Å². The minimum atomic E-state index is -4.34. The summed E-state index contributed by atoms with van der Waals surface area (Å²) in [5.41, 5.74) is -0.820. The van der Waals surface area contributed by atoms with Gasteiger partial charge >= 0.3 is 5.97 Å². The summed E-state index contributed by atoms with van der Waals surface area (Å²) in [6, 6.07) is 5.03. The molecule has 2 heterocycles. The summed E-state index contributed by atoms with van der Waals surface area (Å²) in [5, 5.41) is 3.15. The second-order valence-electron chi connectivity index (χ2n) is 4.52. The lowest BCUT2D eigenvalue weighted by molar-refractivity contribution is 0.0601. The minimum absolute atomic E-state index is 0.0552. The average molecular weight is 351 g/mol. The summed E-state index contributed by atoms with van der Waals surface area (Å²) in [6.45, 7) is 0. The van der Waals surface area contributed by atoms with E-state index in [0.29, 0.717) is 0 Å². The lowest BCUT2D eigenvalue weighted by Gasteiger charge is -2.10. The van der Waals surface area contributed by atoms with Gasteiger partial charge in [0.05, 0.1) is 18.4 Å². The molecular weight excluding hydrogens is 341 g/mol. The van der Waals surface area contributed by atoms with Crippen molar-refractivity contribution in [1.29, 1.82) is 0 Å². The number of nitrogens with zero attached hydrogens (tertiary/aromatic N) is 4. The Morgan fingerprint density at radius 1 is 1.33 bits per heavy atom. The highest BCUT2D eigenvalue weighted by Gasteiger charge is 2.25. The Morgan fingerprint density at radius 3 is 2.83 bits per heavy atom. The van der Waals surface area contributed by atoms with Crippen molar-refractivity contribution >= 4 is 27.5 Å². The largest absolute Gasteiger partial charge is 0.465 e. The predicted octanol–water partition coefficient (Wildman–Crippen LogP) is 0.851. The van der Waals surface area contributed by atoms with Crippen LogP contribution < -0.4 is 4.72 Å². The first-order valence-electron chi connectivity index (χ1n) is 6.49. The highest BCUT2D eigenvalue weighted by molar-refractivity contribution is 7.92. The Kier molecular flexibility index (Phi) is 3.85. The Morgan fingerprint density at radius 2 is 2.12 bits per heavy atom. The molecule has 0 amide bonds. The number of para-hydroxylation sites is 1. The van der Waals surface area contributed by atoms with Gasteiger partial charge in [0.25, 0.3) is 21.0 Å². The maximum atomic E-state index is 14.0. The van der Waals surface area contributed by atoms with Crippen LogP contribution in [0.3, 0.4) is 0 Å². The minimum Gasteiger partial charge on any atom is -0.465 e. The summed E-state index contributed by atoms with van der Waals surface area (Å²) < 4.78 is 46.4. The Balaban J connectivity index is 2.05. The molecule has 0 saturated carbocycles. The van der Waals surface area contributed by atoms with Gasteiger partial charge in [-0.1, -0.05) is 6.07 Å². The molecule has 0 spiro atoms. The number of benzene rings is 1. The van der Waals surface area contributed by atoms with Crippen LogP contribution in [-0.4, -0.2) is 41.1 Å². The zero-order valence-corrected chi connectivity index (χ0v) is 13.0. The fraction of sp³-hybridized carbons (Fsp3) is 0.0769. The van der Waals surface area contributed by atoms with Crippen LogP contribution in [0, 0.1) is 5.82 Å². The fourth-order valence-corrected chi connectivity index (χ4v) is 2.88. The molecule has 0 aliphatic heterocycles. The van der Waals surface area contributed by atoms with Gasteiger partial charge < -0.3 is 4.74 Å². The lowest BCUT2D eigenvalue weighted by Crippen LogP contribution is -2.18. The van der Waals surface area contributed by atoms with E-state index >= 15 is 0 Å². The van der Waals surface area contributed by atoms with Gasteiger partial charge in [0, 0.05) is 12.4 Å². The molecule has 124 valence electrons. The number of nitrogens with one attached hydrogen (secondary N) is 1. The monoisotopic (exact) mass is 351 g/mol. The van der Waals surface area contributed by atoms with E-state index in [1.165, 1.54) is 30.6 Å². The van der Waals surface area contributed by atoms with Gasteiger partial charge in [0.1, 0.15) is 5.82 Å². The molecule has 0 aliphatic carbocycles. The molecular formula is C13H10FN5O4S. The van der Waals surface area contributed by atoms with Crippen LogP contribution in [0.15, 0.2) is 41.8 Å². The molecule has 24 heavy (non-hydrogen) atoms. The van der Waals surface area contributed by atoms with E-state index in [4.69, 9.17) is 0 Å². The lowest BCUT2D eigenvalue weighted by atomic mass is 10.2. The van der Waals surface area contributed by atoms with Gasteiger partial charge in [0.15, 0.2) is 0 Å². The first kappa shape index (κ1) is 15.8. The molecule has 0 aliphatic rings. The van der Waals surface area contributed by atoms with Crippen molar-refractivity contribution in [2.24, 2.45) is 0 Å². The number of aromatic nitrogens is 4. The van der Waals surface area contributed by atoms with Crippen molar-refractivity contribution in [3.8, 4) is 0 Å². The quantitative estimate of drug-likeness (QED) is 0.693. The highest BCUT2D eigenvalue weighted by atomic mass is 32.2. The first-order valence-corrected chi connectivity index (χ1v) is 7.98. The highest BCUT2D eigenvalue weighted by Crippen LogP contribution is 2.23. The standard InChI is InChI=1S/C13H10FN5O4S/c1-23-11(20)8-4-2-5-9(14)10(8)18-24(21,22)13-16-12-15-6-3-7-19(12)17-13/h2-7,18H,1H3. The third kappa shape index (κ3) is 2.76. The van der Waals surface area contributed by atoms with Gasteiger partial charge in [-0.3, -0.25) is 4.72 Å². The Labute approximate surface area is 135 Å². The fourth-order valence-electron chi connectivity index (χ4n) is 1.92. The number of sulfonamides is 1. The van der Waals surface area contributed by atoms with Crippen molar-refractivity contribution in [1.82, 2.24) is 19.6 Å². The molecule has 2 aromatic heterocycles. The smallest absolute Gasteiger partial charge is 0.340 e. The predicted molar refractivity (Wildman–Crippen MR) is 79.3 cm³/mol. The van der Waals surface area contributed by atoms with Gasteiger partial charge in [-0.05, 0) is 18.2 Å². The summed E-state index contributed by atoms with van der Waals surface area (Å²) in [5.74, 6) is -1.78. The van der Waals surface area contributed by atoms with Gasteiger partial charge in [-0.2, -0.15) is 13.4 Å². The van der Waals surface area contributed by atoms with Crippen molar-refractivity contribution in [3.63, 3.8) is 0 Å². The number of halogens is 1. The third-order valence-electron chi connectivity index (χ3n) is 2.99. The molecule has 1 aromatic carbocycles. The average Bonchev–Trinajstić information content (AvgIpc) is 3.01. The molecule has 0 radical (unpaired) electrons. The number of carbonyl (C=O) groups excluding carboxylic acids is 1. The maximum absolute atomic E-state index is 14.0. The number of hydrogen-bond acceptors (Lipinski definition) is 7. The van der Waals surface area contributed by atoms with Gasteiger partial charge in [0.2, 0.25) is 0 Å². The van der Waals surface area contributed by atoms with Crippen LogP contribution in [0.25, 0.3) is 5.78 Å². The second kappa shape index (κ2) is 5.85. The summed E-state index contributed by atoms with van der Waals surface area (Å²) in [6.07, 6.45) is 2.87. The molecule has 9 nitrogen and oxygen atoms in total. The van der Waals surface area contributed by atoms with Gasteiger partial charge in [-0.15, -0.1) is 5.10 Å². The molecule has 0 saturated heterocycles. The van der Waals surface area contributed by atoms with E-state index in [2.05, 4.69) is 19.8 Å². The van der Waals surface area contributed by atoms with Crippen molar-refractivity contribution in [2.45, 2.75) is 5.16 Å². The SMILES string of the molecule is COC(=O)c1cccc(F)c1NS(=O)(=O)c1nc2ncccn2n1. The normalized spacial score (nSPS) is 11.4. The maximum Gasteiger partial charge on any atom is 0.340 e. The van der Waals surface area contributed by atoms with Crippen molar-refractivity contribution in [2.75, 3.05) is 11.8 Å². The van der Waals surface area contributed by atoms with E-state index in [-0.39, 0.29) is 11.3 Å². The first-order chi connectivity index (χ1) is 11.4. The summed E-state index contributed by atoms with van der Waals surface area (Å²) in [7, 11) is -3.24. The zero-order chi connectivity index (χ0) is 17.3. The number of carbonyl (C=O) groups is 1. The van der Waals surface area contributed by atoms with E-state index in [9.17, 15) is 17.6 Å². The molecule has 0 unspecified atom stereocenters. The third-order valence-corrected chi connectivity index (χ3v) is 4.12. The number of hydrogen-bond donors (Lipinski definition) is 1. The number of anilines is 1. The van der Waals surface area contributed by atoms with Gasteiger partial charge in [-0.25, -0.2) is 18.7 Å². The van der Waals surface area contributed by atoms with Crippen LogP contribution in [-0.2, 0) is 14.8 Å². The molecule has 0 atom stereocenters. The Hall–Kier alpha value is -3.08. The summed E-state index contributed by atoms with van der Waals surface area (Å²) >= 11 is 0. The van der Waals surface area contributed by atoms with Crippen molar-refractivity contribution in [3.05, 3.63) is 48.0 Å².